The molecule has 3 saturated heterocycles. The number of aliphatic carboxylic acids is 2. The number of rotatable bonds is 12. The number of carbonyl (C=O) groups excluding carboxylic acids is 4. The first kappa shape index (κ1) is 49.6. The predicted octanol–water partition coefficient (Wildman–Crippen LogP) is 7.56. The van der Waals surface area contributed by atoms with E-state index in [1.54, 1.807) is 30.9 Å². The van der Waals surface area contributed by atoms with Crippen molar-refractivity contribution in [3.05, 3.63) is 111 Å². The zero-order chi connectivity index (χ0) is 50.7. The van der Waals surface area contributed by atoms with Gasteiger partial charge in [-0.1, -0.05) is 36.4 Å². The molecule has 0 spiro atoms. The van der Waals surface area contributed by atoms with Crippen LogP contribution < -0.4 is 15.5 Å². The smallest absolute Gasteiger partial charge is 0.345 e. The number of hydrogen-bond acceptors (Lipinski definition) is 11. The summed E-state index contributed by atoms with van der Waals surface area (Å²) in [5.41, 5.74) is 1.54. The lowest BCUT2D eigenvalue weighted by molar-refractivity contribution is -0.141. The molecule has 0 radical (unpaired) electrons. The number of urea groups is 1. The van der Waals surface area contributed by atoms with E-state index in [4.69, 9.17) is 21.4 Å². The van der Waals surface area contributed by atoms with Crippen molar-refractivity contribution in [1.29, 1.82) is 0 Å². The molecule has 0 aromatic heterocycles. The van der Waals surface area contributed by atoms with Gasteiger partial charge >= 0.3 is 18.0 Å². The molecule has 5 aliphatic heterocycles. The largest absolute Gasteiger partial charge is 0.483 e. The van der Waals surface area contributed by atoms with Crippen LogP contribution in [-0.4, -0.2) is 112 Å². The first-order chi connectivity index (χ1) is 33.7. The highest BCUT2D eigenvalue weighted by Crippen LogP contribution is 2.52. The standard InChI is InChI=1S/C49H47ClF2N6O11S2/c1-49(2)22-27(53-33-8-4-7-31(41(33)52)43-40(50)42(69-23-38(60)61)44(70-43)47(64)65)17-20-57(49)71(67,68)24-25-9-11-32(51)34(21-25)54-48(66)56-18-15-26(16-19-56)28-10-12-35-39-29(28)5-3-6-30(39)46(63)58(35)36-13-14-37(59)55-45(36)62/h3-12,21,26,36,40,43H,13-20,22-24H2,1-2H3,(H,54,66)(H,60,61)(H,64,65)(H,55,59,62). The number of piperidine rings is 3. The number of anilines is 2. The maximum Gasteiger partial charge on any atom is 0.345 e. The molecule has 17 nitrogen and oxygen atoms in total. The van der Waals surface area contributed by atoms with E-state index in [2.05, 4.69) is 15.6 Å². The number of allylic oxidation sites excluding steroid dienone is 1. The number of nitrogens with one attached hydrogen (secondary N) is 2. The molecule has 4 aromatic carbocycles. The third-order valence-electron chi connectivity index (χ3n) is 13.5. The van der Waals surface area contributed by atoms with Gasteiger partial charge in [0, 0.05) is 60.2 Å². The van der Waals surface area contributed by atoms with E-state index in [0.717, 1.165) is 34.2 Å². The van der Waals surface area contributed by atoms with E-state index < -0.39 is 80.1 Å². The highest BCUT2D eigenvalue weighted by molar-refractivity contribution is 8.04. The van der Waals surface area contributed by atoms with E-state index in [1.807, 2.05) is 18.2 Å². The van der Waals surface area contributed by atoms with Crippen LogP contribution in [0.25, 0.3) is 10.8 Å². The van der Waals surface area contributed by atoms with Crippen molar-refractivity contribution in [2.75, 3.05) is 36.5 Å². The molecule has 0 bridgehead atoms. The summed E-state index contributed by atoms with van der Waals surface area (Å²) < 4.78 is 66.0. The topological polar surface area (TPSA) is 232 Å². The number of carboxylic acid groups (broad SMARTS) is 2. The van der Waals surface area contributed by atoms with E-state index in [-0.39, 0.29) is 83.1 Å². The molecule has 5 amide bonds. The number of likely N-dealkylation sites (tertiary alicyclic amines) is 1. The van der Waals surface area contributed by atoms with Crippen LogP contribution in [0.5, 0.6) is 0 Å². The van der Waals surface area contributed by atoms with Crippen LogP contribution in [0.15, 0.2) is 82.4 Å². The summed E-state index contributed by atoms with van der Waals surface area (Å²) in [5.74, 6) is -6.25. The quantitative estimate of drug-likeness (QED) is 0.0795. The molecule has 4 N–H and O–H groups in total. The zero-order valence-corrected chi connectivity index (χ0v) is 40.6. The molecule has 372 valence electrons. The summed E-state index contributed by atoms with van der Waals surface area (Å²) in [4.78, 5) is 82.2. The van der Waals surface area contributed by atoms with E-state index in [0.29, 0.717) is 42.9 Å². The predicted molar refractivity (Wildman–Crippen MR) is 260 cm³/mol. The number of thioether (sulfide) groups is 1. The number of ether oxygens (including phenoxy) is 1. The minimum absolute atomic E-state index is 0.00531. The first-order valence-corrected chi connectivity index (χ1v) is 25.7. The maximum absolute atomic E-state index is 16.1. The Morgan fingerprint density at radius 2 is 1.70 bits per heavy atom. The number of carbonyl (C=O) groups is 6. The van der Waals surface area contributed by atoms with Gasteiger partial charge in [0.15, 0.2) is 12.4 Å². The van der Waals surface area contributed by atoms with Crippen molar-refractivity contribution in [1.82, 2.24) is 14.5 Å². The van der Waals surface area contributed by atoms with Crippen LogP contribution in [0, 0.1) is 11.6 Å². The number of benzene rings is 4. The van der Waals surface area contributed by atoms with E-state index in [9.17, 15) is 42.3 Å². The zero-order valence-electron chi connectivity index (χ0n) is 38.2. The number of carboxylic acids is 2. The Bertz CT molecular complexity index is 3130. The number of aliphatic imine (C=N–C) groups is 1. The summed E-state index contributed by atoms with van der Waals surface area (Å²) >= 11 is 7.26. The molecule has 3 atom stereocenters. The fraction of sp³-hybridized carbons (Fsp3) is 0.367. The Morgan fingerprint density at radius 3 is 2.41 bits per heavy atom. The van der Waals surface area contributed by atoms with Crippen LogP contribution in [0.1, 0.15) is 90.6 Å². The minimum atomic E-state index is -4.06. The molecule has 0 saturated carbocycles. The molecular formula is C49H47ClF2N6O11S2. The fourth-order valence-electron chi connectivity index (χ4n) is 10.3. The third kappa shape index (κ3) is 9.59. The molecule has 71 heavy (non-hydrogen) atoms. The molecule has 0 aliphatic carbocycles. The van der Waals surface area contributed by atoms with Crippen molar-refractivity contribution < 1.29 is 60.9 Å². The minimum Gasteiger partial charge on any atom is -0.483 e. The lowest BCUT2D eigenvalue weighted by Gasteiger charge is -2.41. The number of nitrogens with zero attached hydrogens (tertiary/aromatic N) is 4. The van der Waals surface area contributed by atoms with Gasteiger partial charge in [-0.05, 0) is 92.3 Å². The highest BCUT2D eigenvalue weighted by atomic mass is 35.5. The number of alkyl halides is 1. The average Bonchev–Trinajstić information content (AvgIpc) is 3.80. The Labute approximate surface area is 415 Å². The van der Waals surface area contributed by atoms with E-state index in [1.165, 1.54) is 39.5 Å². The first-order valence-electron chi connectivity index (χ1n) is 22.8. The number of hydrogen-bond donors (Lipinski definition) is 4. The van der Waals surface area contributed by atoms with Gasteiger partial charge in [0.25, 0.3) is 5.91 Å². The van der Waals surface area contributed by atoms with Gasteiger partial charge in [-0.3, -0.25) is 29.6 Å². The van der Waals surface area contributed by atoms with E-state index >= 15 is 8.78 Å². The van der Waals surface area contributed by atoms with Gasteiger partial charge in [-0.15, -0.1) is 23.4 Å². The Morgan fingerprint density at radius 1 is 0.958 bits per heavy atom. The lowest BCUT2D eigenvalue weighted by atomic mass is 9.85. The molecular weight excluding hydrogens is 986 g/mol. The second-order valence-electron chi connectivity index (χ2n) is 18.6. The van der Waals surface area contributed by atoms with Crippen molar-refractivity contribution in [3.8, 4) is 0 Å². The van der Waals surface area contributed by atoms with Gasteiger partial charge in [0.2, 0.25) is 21.8 Å². The Balaban J connectivity index is 0.828. The van der Waals surface area contributed by atoms with Gasteiger partial charge in [0.1, 0.15) is 27.9 Å². The summed E-state index contributed by atoms with van der Waals surface area (Å²) in [6.07, 6.45) is 1.74. The molecule has 5 heterocycles. The number of amides is 5. The maximum atomic E-state index is 16.1. The van der Waals surface area contributed by atoms with Crippen molar-refractivity contribution in [2.45, 2.75) is 86.3 Å². The van der Waals surface area contributed by atoms with Gasteiger partial charge in [-0.2, -0.15) is 4.31 Å². The molecule has 9 rings (SSSR count). The number of halogens is 3. The summed E-state index contributed by atoms with van der Waals surface area (Å²) in [6, 6.07) is 16.0. The molecule has 3 fully saturated rings. The van der Waals surface area contributed by atoms with Crippen LogP contribution in [0.2, 0.25) is 0 Å². The summed E-state index contributed by atoms with van der Waals surface area (Å²) in [6.45, 7) is 3.23. The average molecular weight is 1030 g/mol. The lowest BCUT2D eigenvalue weighted by Crippen LogP contribution is -2.53. The SMILES string of the molecule is CC1(C)CC(=Nc2cccc(C3SC(C(=O)O)=C(OCC(=O)O)C3Cl)c2F)CCN1S(=O)(=O)Cc1ccc(F)c(NC(=O)N2CCC(c3ccc4c5c(cccc35)C(=O)N4C3CCC(=O)NC3=O)CC2)c1. The Kier molecular flexibility index (Phi) is 13.5. The normalized spacial score (nSPS) is 22.4. The summed E-state index contributed by atoms with van der Waals surface area (Å²) in [5, 5.41) is 23.2. The molecule has 22 heteroatoms. The van der Waals surface area contributed by atoms with Crippen LogP contribution in [0.3, 0.4) is 0 Å². The van der Waals surface area contributed by atoms with Gasteiger partial charge < -0.3 is 25.2 Å². The molecule has 3 unspecified atom stereocenters. The third-order valence-corrected chi connectivity index (χ3v) is 17.5. The summed E-state index contributed by atoms with van der Waals surface area (Å²) in [7, 11) is -4.06. The second-order valence-corrected chi connectivity index (χ2v) is 22.1. The highest BCUT2D eigenvalue weighted by Gasteiger charge is 2.44. The van der Waals surface area contributed by atoms with Crippen molar-refractivity contribution in [2.24, 2.45) is 4.99 Å². The van der Waals surface area contributed by atoms with Crippen molar-refractivity contribution in [3.63, 3.8) is 0 Å². The Hall–Kier alpha value is -6.42. The van der Waals surface area contributed by atoms with Crippen LogP contribution in [0.4, 0.5) is 30.6 Å². The molecule has 5 aliphatic rings. The van der Waals surface area contributed by atoms with Gasteiger partial charge in [-0.25, -0.2) is 31.6 Å². The molecule has 4 aromatic rings. The number of sulfonamides is 1. The fourth-order valence-corrected chi connectivity index (χ4v) is 13.9. The van der Waals surface area contributed by atoms with Gasteiger partial charge in [0.05, 0.1) is 28.1 Å². The number of imide groups is 1. The van der Waals surface area contributed by atoms with Crippen LogP contribution >= 0.6 is 23.4 Å². The van der Waals surface area contributed by atoms with Crippen molar-refractivity contribution >= 4 is 103 Å². The second kappa shape index (κ2) is 19.3. The van der Waals surface area contributed by atoms with Crippen LogP contribution in [-0.2, 0) is 39.7 Å². The monoisotopic (exact) mass is 1030 g/mol.